The molecule has 2 aromatic rings. The second-order valence-electron chi connectivity index (χ2n) is 6.48. The van der Waals surface area contributed by atoms with E-state index in [1.54, 1.807) is 13.1 Å². The zero-order valence-electron chi connectivity index (χ0n) is 15.8. The van der Waals surface area contributed by atoms with E-state index in [9.17, 15) is 4.39 Å². The van der Waals surface area contributed by atoms with E-state index in [4.69, 9.17) is 4.74 Å². The summed E-state index contributed by atoms with van der Waals surface area (Å²) in [5, 5.41) is 3.36. The fourth-order valence-corrected chi connectivity index (χ4v) is 3.32. The van der Waals surface area contributed by atoms with Crippen LogP contribution in [0.1, 0.15) is 22.8 Å². The first-order chi connectivity index (χ1) is 12.7. The summed E-state index contributed by atoms with van der Waals surface area (Å²) >= 11 is 0. The standard InChI is InChI=1S/C21H26FN3O.HI/c1-16-7-3-5-9-18(16)20-15-25(13-14-26-20)21(23-2)24-12-11-17-8-4-6-10-19(17)22;/h3-10,20H,11-15H2,1-2H3,(H,23,24);1H. The van der Waals surface area contributed by atoms with E-state index >= 15 is 0 Å². The van der Waals surface area contributed by atoms with E-state index in [-0.39, 0.29) is 35.9 Å². The molecule has 1 aliphatic rings. The van der Waals surface area contributed by atoms with Gasteiger partial charge in [-0.1, -0.05) is 42.5 Å². The Labute approximate surface area is 177 Å². The van der Waals surface area contributed by atoms with Crippen molar-refractivity contribution in [1.29, 1.82) is 0 Å². The Morgan fingerprint density at radius 3 is 2.70 bits per heavy atom. The third kappa shape index (κ3) is 5.65. The lowest BCUT2D eigenvalue weighted by Gasteiger charge is -2.35. The molecule has 6 heteroatoms. The minimum absolute atomic E-state index is 0. The zero-order valence-corrected chi connectivity index (χ0v) is 18.2. The monoisotopic (exact) mass is 483 g/mol. The highest BCUT2D eigenvalue weighted by molar-refractivity contribution is 14.0. The van der Waals surface area contributed by atoms with Crippen LogP contribution in [0, 0.1) is 12.7 Å². The number of rotatable bonds is 4. The number of hydrogen-bond donors (Lipinski definition) is 1. The Balaban J connectivity index is 0.00000261. The summed E-state index contributed by atoms with van der Waals surface area (Å²) in [6.45, 7) is 4.96. The molecule has 0 aromatic heterocycles. The molecule has 4 nitrogen and oxygen atoms in total. The first-order valence-electron chi connectivity index (χ1n) is 9.05. The molecule has 0 saturated carbocycles. The van der Waals surface area contributed by atoms with Gasteiger partial charge in [-0.15, -0.1) is 24.0 Å². The van der Waals surface area contributed by atoms with Crippen LogP contribution in [0.2, 0.25) is 0 Å². The lowest BCUT2D eigenvalue weighted by molar-refractivity contribution is -0.00829. The highest BCUT2D eigenvalue weighted by atomic mass is 127. The summed E-state index contributed by atoms with van der Waals surface area (Å²) < 4.78 is 19.7. The van der Waals surface area contributed by atoms with Gasteiger partial charge in [0.25, 0.3) is 0 Å². The molecule has 1 fully saturated rings. The maximum Gasteiger partial charge on any atom is 0.193 e. The van der Waals surface area contributed by atoms with E-state index < -0.39 is 0 Å². The van der Waals surface area contributed by atoms with Gasteiger partial charge in [-0.05, 0) is 36.1 Å². The van der Waals surface area contributed by atoms with Crippen molar-refractivity contribution >= 4 is 29.9 Å². The molecular formula is C21H27FIN3O. The SMILES string of the molecule is CN=C(NCCc1ccccc1F)N1CCOC(c2ccccc2C)C1.I. The summed E-state index contributed by atoms with van der Waals surface area (Å²) in [6.07, 6.45) is 0.659. The summed E-state index contributed by atoms with van der Waals surface area (Å²) in [6, 6.07) is 15.2. The average Bonchev–Trinajstić information content (AvgIpc) is 2.67. The van der Waals surface area contributed by atoms with Crippen LogP contribution in [0.3, 0.4) is 0 Å². The molecule has 1 atom stereocenters. The molecule has 1 saturated heterocycles. The smallest absolute Gasteiger partial charge is 0.193 e. The Morgan fingerprint density at radius 2 is 1.96 bits per heavy atom. The largest absolute Gasteiger partial charge is 0.370 e. The van der Waals surface area contributed by atoms with Crippen LogP contribution in [0.25, 0.3) is 0 Å². The van der Waals surface area contributed by atoms with Gasteiger partial charge in [0.2, 0.25) is 0 Å². The van der Waals surface area contributed by atoms with Gasteiger partial charge in [-0.25, -0.2) is 4.39 Å². The number of halogens is 2. The lowest BCUT2D eigenvalue weighted by Crippen LogP contribution is -2.48. The summed E-state index contributed by atoms with van der Waals surface area (Å²) in [5.41, 5.74) is 3.18. The van der Waals surface area contributed by atoms with Gasteiger partial charge < -0.3 is 15.0 Å². The van der Waals surface area contributed by atoms with Crippen molar-refractivity contribution in [3.63, 3.8) is 0 Å². The number of aliphatic imine (C=N–C) groups is 1. The minimum Gasteiger partial charge on any atom is -0.370 e. The van der Waals surface area contributed by atoms with E-state index in [0.29, 0.717) is 19.6 Å². The predicted molar refractivity (Wildman–Crippen MR) is 118 cm³/mol. The normalized spacial score (nSPS) is 17.4. The Kier molecular flexibility index (Phi) is 8.50. The summed E-state index contributed by atoms with van der Waals surface area (Å²) in [7, 11) is 1.78. The van der Waals surface area contributed by atoms with Crippen molar-refractivity contribution in [1.82, 2.24) is 10.2 Å². The fraction of sp³-hybridized carbons (Fsp3) is 0.381. The first-order valence-corrected chi connectivity index (χ1v) is 9.05. The van der Waals surface area contributed by atoms with Gasteiger partial charge in [0.15, 0.2) is 5.96 Å². The van der Waals surface area contributed by atoms with Gasteiger partial charge in [0.1, 0.15) is 11.9 Å². The average molecular weight is 483 g/mol. The van der Waals surface area contributed by atoms with Crippen LogP contribution in [0.15, 0.2) is 53.5 Å². The Hall–Kier alpha value is -1.67. The van der Waals surface area contributed by atoms with E-state index in [1.165, 1.54) is 17.2 Å². The molecule has 27 heavy (non-hydrogen) atoms. The second-order valence-corrected chi connectivity index (χ2v) is 6.48. The van der Waals surface area contributed by atoms with E-state index in [1.807, 2.05) is 24.3 Å². The number of ether oxygens (including phenoxy) is 1. The molecule has 2 aromatic carbocycles. The summed E-state index contributed by atoms with van der Waals surface area (Å²) in [4.78, 5) is 6.61. The molecule has 1 heterocycles. The molecule has 0 bridgehead atoms. The van der Waals surface area contributed by atoms with Crippen LogP contribution in [0.4, 0.5) is 4.39 Å². The number of benzene rings is 2. The molecule has 0 radical (unpaired) electrons. The van der Waals surface area contributed by atoms with E-state index in [0.717, 1.165) is 24.6 Å². The van der Waals surface area contributed by atoms with Crippen LogP contribution in [0.5, 0.6) is 0 Å². The van der Waals surface area contributed by atoms with Gasteiger partial charge in [0.05, 0.1) is 13.2 Å². The fourth-order valence-electron chi connectivity index (χ4n) is 3.32. The number of guanidine groups is 1. The molecule has 1 N–H and O–H groups in total. The van der Waals surface area contributed by atoms with Gasteiger partial charge >= 0.3 is 0 Å². The number of nitrogens with one attached hydrogen (secondary N) is 1. The van der Waals surface area contributed by atoms with Crippen molar-refractivity contribution < 1.29 is 9.13 Å². The van der Waals surface area contributed by atoms with Crippen molar-refractivity contribution in [2.24, 2.45) is 4.99 Å². The molecule has 0 spiro atoms. The third-order valence-electron chi connectivity index (χ3n) is 4.75. The predicted octanol–water partition coefficient (Wildman–Crippen LogP) is 3.94. The molecule has 1 unspecified atom stereocenters. The van der Waals surface area contributed by atoms with Crippen LogP contribution in [-0.2, 0) is 11.2 Å². The highest BCUT2D eigenvalue weighted by Gasteiger charge is 2.25. The minimum atomic E-state index is -0.157. The van der Waals surface area contributed by atoms with Crippen molar-refractivity contribution in [3.05, 3.63) is 71.0 Å². The molecule has 3 rings (SSSR count). The maximum absolute atomic E-state index is 13.7. The van der Waals surface area contributed by atoms with Gasteiger partial charge in [-0.3, -0.25) is 4.99 Å². The molecule has 0 amide bonds. The van der Waals surface area contributed by atoms with Crippen molar-refractivity contribution in [3.8, 4) is 0 Å². The lowest BCUT2D eigenvalue weighted by atomic mass is 10.0. The van der Waals surface area contributed by atoms with Gasteiger partial charge in [0, 0.05) is 20.1 Å². The van der Waals surface area contributed by atoms with Crippen LogP contribution < -0.4 is 5.32 Å². The van der Waals surface area contributed by atoms with Crippen molar-refractivity contribution in [2.75, 3.05) is 33.3 Å². The topological polar surface area (TPSA) is 36.9 Å². The molecular weight excluding hydrogens is 456 g/mol. The number of aryl methyl sites for hydroxylation is 1. The zero-order chi connectivity index (χ0) is 18.4. The quantitative estimate of drug-likeness (QED) is 0.407. The van der Waals surface area contributed by atoms with Crippen LogP contribution in [-0.4, -0.2) is 44.1 Å². The molecule has 146 valence electrons. The van der Waals surface area contributed by atoms with Gasteiger partial charge in [-0.2, -0.15) is 0 Å². The maximum atomic E-state index is 13.7. The van der Waals surface area contributed by atoms with Crippen LogP contribution >= 0.6 is 24.0 Å². The second kappa shape index (κ2) is 10.6. The third-order valence-corrected chi connectivity index (χ3v) is 4.75. The van der Waals surface area contributed by atoms with Crippen molar-refractivity contribution in [2.45, 2.75) is 19.4 Å². The molecule has 0 aliphatic carbocycles. The number of hydrogen-bond acceptors (Lipinski definition) is 2. The Bertz CT molecular complexity index is 769. The summed E-state index contributed by atoms with van der Waals surface area (Å²) in [5.74, 6) is 0.679. The number of nitrogens with zero attached hydrogens (tertiary/aromatic N) is 2. The first kappa shape index (κ1) is 21.6. The Morgan fingerprint density at radius 1 is 1.22 bits per heavy atom. The number of morpholine rings is 1. The molecule has 1 aliphatic heterocycles. The van der Waals surface area contributed by atoms with E-state index in [2.05, 4.69) is 34.3 Å². The highest BCUT2D eigenvalue weighted by Crippen LogP contribution is 2.24.